The van der Waals surface area contributed by atoms with Crippen molar-refractivity contribution >= 4 is 11.6 Å². The Morgan fingerprint density at radius 1 is 1.71 bits per heavy atom. The van der Waals surface area contributed by atoms with Crippen molar-refractivity contribution in [1.82, 2.24) is 9.88 Å². The van der Waals surface area contributed by atoms with E-state index in [1.165, 1.54) is 16.8 Å². The first kappa shape index (κ1) is 13.2. The molecule has 0 saturated carbocycles. The highest BCUT2D eigenvalue weighted by atomic mass is 16.6. The highest BCUT2D eigenvalue weighted by Crippen LogP contribution is 2.16. The van der Waals surface area contributed by atoms with Crippen LogP contribution in [0.2, 0.25) is 0 Å². The third-order valence-electron chi connectivity index (χ3n) is 2.22. The fraction of sp³-hybridized carbons (Fsp3) is 0.500. The number of hydrogen-bond acceptors (Lipinski definition) is 4. The molecule has 17 heavy (non-hydrogen) atoms. The molecule has 0 aliphatic carbocycles. The van der Waals surface area contributed by atoms with Crippen LogP contribution >= 0.6 is 0 Å². The summed E-state index contributed by atoms with van der Waals surface area (Å²) in [6, 6.07) is 1.22. The van der Waals surface area contributed by atoms with Gasteiger partial charge >= 0.3 is 0 Å². The minimum atomic E-state index is -0.654. The van der Waals surface area contributed by atoms with E-state index in [1.54, 1.807) is 13.8 Å². The van der Waals surface area contributed by atoms with Gasteiger partial charge in [-0.05, 0) is 13.8 Å². The molecule has 1 atom stereocenters. The van der Waals surface area contributed by atoms with Gasteiger partial charge in [0.1, 0.15) is 5.69 Å². The molecule has 7 nitrogen and oxygen atoms in total. The van der Waals surface area contributed by atoms with Crippen molar-refractivity contribution < 1.29 is 14.8 Å². The molecular formula is C10H15N3O4. The monoisotopic (exact) mass is 241 g/mol. The van der Waals surface area contributed by atoms with Gasteiger partial charge < -0.3 is 15.0 Å². The van der Waals surface area contributed by atoms with E-state index < -0.39 is 16.9 Å². The predicted molar refractivity (Wildman–Crippen MR) is 60.8 cm³/mol. The summed E-state index contributed by atoms with van der Waals surface area (Å²) in [5.41, 5.74) is 0.105. The Balaban J connectivity index is 2.88. The molecule has 1 amide bonds. The molecular weight excluding hydrogens is 226 g/mol. The van der Waals surface area contributed by atoms with Crippen LogP contribution in [0.15, 0.2) is 12.3 Å². The second-order valence-electron chi connectivity index (χ2n) is 3.69. The number of amides is 1. The molecule has 1 aromatic rings. The van der Waals surface area contributed by atoms with Crippen molar-refractivity contribution in [2.24, 2.45) is 0 Å². The van der Waals surface area contributed by atoms with E-state index in [2.05, 4.69) is 5.32 Å². The molecule has 0 radical (unpaired) electrons. The number of rotatable bonds is 5. The van der Waals surface area contributed by atoms with Gasteiger partial charge in [0.25, 0.3) is 11.6 Å². The van der Waals surface area contributed by atoms with Gasteiger partial charge in [-0.1, -0.05) is 0 Å². The Labute approximate surface area is 98.2 Å². The van der Waals surface area contributed by atoms with Crippen LogP contribution in [0.5, 0.6) is 0 Å². The lowest BCUT2D eigenvalue weighted by molar-refractivity contribution is -0.384. The summed E-state index contributed by atoms with van der Waals surface area (Å²) in [5.74, 6) is -0.430. The van der Waals surface area contributed by atoms with Crippen LogP contribution < -0.4 is 5.32 Å². The number of aliphatic hydroxyl groups is 1. The summed E-state index contributed by atoms with van der Waals surface area (Å²) < 4.78 is 1.50. The van der Waals surface area contributed by atoms with Crippen LogP contribution in [0.4, 0.5) is 5.69 Å². The number of carbonyl (C=O) groups excluding carboxylic acids is 1. The van der Waals surface area contributed by atoms with Crippen molar-refractivity contribution in [3.8, 4) is 0 Å². The van der Waals surface area contributed by atoms with Crippen molar-refractivity contribution in [2.75, 3.05) is 6.54 Å². The summed E-state index contributed by atoms with van der Waals surface area (Å²) in [6.45, 7) is 3.91. The minimum Gasteiger partial charge on any atom is -0.392 e. The normalized spacial score (nSPS) is 12.2. The van der Waals surface area contributed by atoms with E-state index in [4.69, 9.17) is 5.11 Å². The number of nitrogens with zero attached hydrogens (tertiary/aromatic N) is 2. The standard InChI is InChI=1S/C10H15N3O4/c1-3-12-6-8(13(16)17)4-9(12)10(15)11-5-7(2)14/h4,6-7,14H,3,5H2,1-2H3,(H,11,15)/t7-/m1/s1. The topological polar surface area (TPSA) is 97.4 Å². The fourth-order valence-electron chi connectivity index (χ4n) is 1.38. The average molecular weight is 241 g/mol. The highest BCUT2D eigenvalue weighted by molar-refractivity contribution is 5.93. The molecule has 0 aliphatic rings. The molecule has 2 N–H and O–H groups in total. The number of nitrogens with one attached hydrogen (secondary N) is 1. The molecule has 0 saturated heterocycles. The van der Waals surface area contributed by atoms with Crippen molar-refractivity contribution in [3.63, 3.8) is 0 Å². The zero-order valence-corrected chi connectivity index (χ0v) is 9.71. The fourth-order valence-corrected chi connectivity index (χ4v) is 1.38. The van der Waals surface area contributed by atoms with E-state index in [0.29, 0.717) is 6.54 Å². The Bertz CT molecular complexity index is 425. The minimum absolute atomic E-state index is 0.113. The summed E-state index contributed by atoms with van der Waals surface area (Å²) in [7, 11) is 0. The molecule has 0 aromatic carbocycles. The molecule has 1 aromatic heterocycles. The lowest BCUT2D eigenvalue weighted by Gasteiger charge is -2.08. The number of nitro groups is 1. The van der Waals surface area contributed by atoms with Gasteiger partial charge in [0.05, 0.1) is 17.2 Å². The smallest absolute Gasteiger partial charge is 0.287 e. The van der Waals surface area contributed by atoms with Crippen LogP contribution in [0.25, 0.3) is 0 Å². The quantitative estimate of drug-likeness (QED) is 0.580. The van der Waals surface area contributed by atoms with Gasteiger partial charge in [0, 0.05) is 19.2 Å². The van der Waals surface area contributed by atoms with Gasteiger partial charge in [-0.15, -0.1) is 0 Å². The molecule has 0 unspecified atom stereocenters. The van der Waals surface area contributed by atoms with Crippen molar-refractivity contribution in [1.29, 1.82) is 0 Å². The first-order valence-corrected chi connectivity index (χ1v) is 5.26. The lowest BCUT2D eigenvalue weighted by Crippen LogP contribution is -2.31. The number of carbonyl (C=O) groups is 1. The number of aliphatic hydroxyl groups excluding tert-OH is 1. The number of hydrogen-bond donors (Lipinski definition) is 2. The first-order valence-electron chi connectivity index (χ1n) is 5.26. The highest BCUT2D eigenvalue weighted by Gasteiger charge is 2.18. The lowest BCUT2D eigenvalue weighted by atomic mass is 10.3. The summed E-state index contributed by atoms with van der Waals surface area (Å²) in [6.07, 6.45) is 0.663. The Morgan fingerprint density at radius 3 is 2.82 bits per heavy atom. The van der Waals surface area contributed by atoms with E-state index in [-0.39, 0.29) is 17.9 Å². The van der Waals surface area contributed by atoms with Crippen LogP contribution in [0.3, 0.4) is 0 Å². The SMILES string of the molecule is CCn1cc([N+](=O)[O-])cc1C(=O)NC[C@@H](C)O. The third-order valence-corrected chi connectivity index (χ3v) is 2.22. The second-order valence-corrected chi connectivity index (χ2v) is 3.69. The number of aromatic nitrogens is 1. The zero-order chi connectivity index (χ0) is 13.0. The van der Waals surface area contributed by atoms with E-state index in [0.717, 1.165) is 0 Å². The molecule has 0 spiro atoms. The summed E-state index contributed by atoms with van der Waals surface area (Å²) in [4.78, 5) is 21.7. The Kier molecular flexibility index (Phi) is 4.22. The van der Waals surface area contributed by atoms with Crippen LogP contribution in [0, 0.1) is 10.1 Å². The van der Waals surface area contributed by atoms with Gasteiger partial charge in [-0.25, -0.2) is 0 Å². The van der Waals surface area contributed by atoms with Crippen molar-refractivity contribution in [2.45, 2.75) is 26.5 Å². The Morgan fingerprint density at radius 2 is 2.35 bits per heavy atom. The van der Waals surface area contributed by atoms with Crippen LogP contribution in [-0.2, 0) is 6.54 Å². The maximum Gasteiger partial charge on any atom is 0.287 e. The maximum atomic E-state index is 11.7. The predicted octanol–water partition coefficient (Wildman–Crippen LogP) is 0.527. The summed E-state index contributed by atoms with van der Waals surface area (Å²) in [5, 5.41) is 22.1. The van der Waals surface area contributed by atoms with Crippen LogP contribution in [0.1, 0.15) is 24.3 Å². The van der Waals surface area contributed by atoms with Gasteiger partial charge in [-0.2, -0.15) is 0 Å². The second kappa shape index (κ2) is 5.44. The summed E-state index contributed by atoms with van der Waals surface area (Å²) >= 11 is 0. The molecule has 94 valence electrons. The molecule has 0 aliphatic heterocycles. The first-order chi connectivity index (χ1) is 7.95. The van der Waals surface area contributed by atoms with E-state index in [1.807, 2.05) is 0 Å². The van der Waals surface area contributed by atoms with E-state index >= 15 is 0 Å². The molecule has 0 bridgehead atoms. The molecule has 1 heterocycles. The molecule has 0 fully saturated rings. The van der Waals surface area contributed by atoms with Gasteiger partial charge in [-0.3, -0.25) is 14.9 Å². The van der Waals surface area contributed by atoms with Crippen LogP contribution in [-0.4, -0.2) is 33.2 Å². The Hall–Kier alpha value is -1.89. The largest absolute Gasteiger partial charge is 0.392 e. The van der Waals surface area contributed by atoms with Crippen molar-refractivity contribution in [3.05, 3.63) is 28.1 Å². The van der Waals surface area contributed by atoms with Gasteiger partial charge in [0.2, 0.25) is 0 Å². The van der Waals surface area contributed by atoms with Gasteiger partial charge in [0.15, 0.2) is 0 Å². The zero-order valence-electron chi connectivity index (χ0n) is 9.71. The average Bonchev–Trinajstić information content (AvgIpc) is 2.69. The third kappa shape index (κ3) is 3.28. The molecule has 7 heteroatoms. The maximum absolute atomic E-state index is 11.7. The van der Waals surface area contributed by atoms with E-state index in [9.17, 15) is 14.9 Å². The number of aryl methyl sites for hydroxylation is 1. The molecule has 1 rings (SSSR count).